The molecule has 7 heteroatoms. The highest BCUT2D eigenvalue weighted by atomic mass is 16.5. The second kappa shape index (κ2) is 5.88. The van der Waals surface area contributed by atoms with Crippen LogP contribution in [0.5, 0.6) is 0 Å². The van der Waals surface area contributed by atoms with Crippen LogP contribution in [-0.4, -0.2) is 40.8 Å². The van der Waals surface area contributed by atoms with Gasteiger partial charge >= 0.3 is 12.0 Å². The van der Waals surface area contributed by atoms with Gasteiger partial charge in [-0.2, -0.15) is 0 Å². The Morgan fingerprint density at radius 3 is 2.88 bits per heavy atom. The maximum Gasteiger partial charge on any atom is 0.317 e. The summed E-state index contributed by atoms with van der Waals surface area (Å²) < 4.78 is 4.61. The van der Waals surface area contributed by atoms with Crippen LogP contribution in [0.25, 0.3) is 0 Å². The molecule has 94 valence electrons. The van der Waals surface area contributed by atoms with E-state index in [-0.39, 0.29) is 19.1 Å². The molecule has 0 saturated heterocycles. The molecular formula is C10H15N3O4. The van der Waals surface area contributed by atoms with Crippen molar-refractivity contribution < 1.29 is 19.2 Å². The van der Waals surface area contributed by atoms with Gasteiger partial charge in [-0.15, -0.1) is 0 Å². The Hall–Kier alpha value is -2.05. The zero-order valence-electron chi connectivity index (χ0n) is 9.71. The molecule has 0 aliphatic carbocycles. The first kappa shape index (κ1) is 13.0. The number of aliphatic carboxylic acids is 1. The number of nitrogens with zero attached hydrogens (tertiary/aromatic N) is 2. The number of hydrogen-bond donors (Lipinski definition) is 2. The monoisotopic (exact) mass is 241 g/mol. The molecule has 17 heavy (non-hydrogen) atoms. The SMILES string of the molecule is CC(CN(C)C(=O)NCc1ccon1)C(=O)O. The second-order valence-electron chi connectivity index (χ2n) is 3.77. The van der Waals surface area contributed by atoms with E-state index in [0.29, 0.717) is 5.69 Å². The number of hydrogen-bond acceptors (Lipinski definition) is 4. The molecule has 2 N–H and O–H groups in total. The van der Waals surface area contributed by atoms with Gasteiger partial charge in [0.15, 0.2) is 0 Å². The van der Waals surface area contributed by atoms with Gasteiger partial charge in [0.05, 0.1) is 12.5 Å². The van der Waals surface area contributed by atoms with Crippen molar-refractivity contribution in [2.24, 2.45) is 5.92 Å². The molecule has 1 unspecified atom stereocenters. The summed E-state index contributed by atoms with van der Waals surface area (Å²) in [6.07, 6.45) is 1.41. The van der Waals surface area contributed by atoms with E-state index in [1.807, 2.05) is 0 Å². The first-order valence-corrected chi connectivity index (χ1v) is 5.11. The number of aromatic nitrogens is 1. The number of urea groups is 1. The number of carbonyl (C=O) groups is 2. The van der Waals surface area contributed by atoms with E-state index in [9.17, 15) is 9.59 Å². The lowest BCUT2D eigenvalue weighted by molar-refractivity contribution is -0.141. The van der Waals surface area contributed by atoms with Crippen LogP contribution >= 0.6 is 0 Å². The third-order valence-corrected chi connectivity index (χ3v) is 2.23. The van der Waals surface area contributed by atoms with Crippen molar-refractivity contribution >= 4 is 12.0 Å². The van der Waals surface area contributed by atoms with Gasteiger partial charge in [0.25, 0.3) is 0 Å². The fraction of sp³-hybridized carbons (Fsp3) is 0.500. The van der Waals surface area contributed by atoms with E-state index in [2.05, 4.69) is 15.0 Å². The Morgan fingerprint density at radius 2 is 2.35 bits per heavy atom. The summed E-state index contributed by atoms with van der Waals surface area (Å²) in [5, 5.41) is 14.9. The zero-order valence-corrected chi connectivity index (χ0v) is 9.71. The molecule has 0 radical (unpaired) electrons. The van der Waals surface area contributed by atoms with Crippen LogP contribution in [0.3, 0.4) is 0 Å². The molecule has 0 aliphatic heterocycles. The normalized spacial score (nSPS) is 11.9. The number of nitrogens with one attached hydrogen (secondary N) is 1. The molecule has 0 fully saturated rings. The summed E-state index contributed by atoms with van der Waals surface area (Å²) in [6.45, 7) is 1.95. The summed E-state index contributed by atoms with van der Waals surface area (Å²) in [4.78, 5) is 23.5. The molecule has 1 aromatic heterocycles. The van der Waals surface area contributed by atoms with Gasteiger partial charge < -0.3 is 19.8 Å². The molecule has 0 spiro atoms. The molecular weight excluding hydrogens is 226 g/mol. The van der Waals surface area contributed by atoms with Crippen LogP contribution in [0.2, 0.25) is 0 Å². The van der Waals surface area contributed by atoms with E-state index in [1.165, 1.54) is 18.2 Å². The number of carbonyl (C=O) groups excluding carboxylic acids is 1. The van der Waals surface area contributed by atoms with Crippen molar-refractivity contribution in [1.29, 1.82) is 0 Å². The smallest absolute Gasteiger partial charge is 0.317 e. The summed E-state index contributed by atoms with van der Waals surface area (Å²) in [6, 6.07) is 1.29. The minimum Gasteiger partial charge on any atom is -0.481 e. The summed E-state index contributed by atoms with van der Waals surface area (Å²) >= 11 is 0. The molecule has 1 heterocycles. The first-order chi connectivity index (χ1) is 8.00. The second-order valence-corrected chi connectivity index (χ2v) is 3.77. The highest BCUT2D eigenvalue weighted by Gasteiger charge is 2.17. The van der Waals surface area contributed by atoms with Crippen molar-refractivity contribution in [1.82, 2.24) is 15.4 Å². The van der Waals surface area contributed by atoms with Crippen LogP contribution in [-0.2, 0) is 11.3 Å². The summed E-state index contributed by atoms with van der Waals surface area (Å²) in [5.74, 6) is -1.53. The Labute approximate surface area is 98.4 Å². The molecule has 0 aromatic carbocycles. The lowest BCUT2D eigenvalue weighted by Crippen LogP contribution is -2.40. The van der Waals surface area contributed by atoms with Crippen molar-refractivity contribution in [3.8, 4) is 0 Å². The molecule has 1 atom stereocenters. The minimum atomic E-state index is -0.929. The lowest BCUT2D eigenvalue weighted by atomic mass is 10.2. The van der Waals surface area contributed by atoms with Crippen molar-refractivity contribution in [3.63, 3.8) is 0 Å². The molecule has 7 nitrogen and oxygen atoms in total. The fourth-order valence-electron chi connectivity index (χ4n) is 1.20. The van der Waals surface area contributed by atoms with Crippen LogP contribution in [0.1, 0.15) is 12.6 Å². The Morgan fingerprint density at radius 1 is 1.65 bits per heavy atom. The predicted octanol–water partition coefficient (Wildman–Crippen LogP) is 0.537. The van der Waals surface area contributed by atoms with E-state index < -0.39 is 11.9 Å². The maximum atomic E-state index is 11.6. The number of carboxylic acid groups (broad SMARTS) is 1. The van der Waals surface area contributed by atoms with Crippen LogP contribution in [0.4, 0.5) is 4.79 Å². The average molecular weight is 241 g/mol. The topological polar surface area (TPSA) is 95.7 Å². The largest absolute Gasteiger partial charge is 0.481 e. The fourth-order valence-corrected chi connectivity index (χ4v) is 1.20. The quantitative estimate of drug-likeness (QED) is 0.784. The summed E-state index contributed by atoms with van der Waals surface area (Å²) in [5.41, 5.74) is 0.609. The molecule has 2 amide bonds. The van der Waals surface area contributed by atoms with Crippen LogP contribution < -0.4 is 5.32 Å². The zero-order chi connectivity index (χ0) is 12.8. The third kappa shape index (κ3) is 4.13. The maximum absolute atomic E-state index is 11.6. The van der Waals surface area contributed by atoms with Crippen LogP contribution in [0.15, 0.2) is 16.9 Å². The lowest BCUT2D eigenvalue weighted by Gasteiger charge is -2.19. The van der Waals surface area contributed by atoms with Gasteiger partial charge in [-0.25, -0.2) is 4.79 Å². The minimum absolute atomic E-state index is 0.153. The van der Waals surface area contributed by atoms with Gasteiger partial charge in [-0.3, -0.25) is 4.79 Å². The van der Waals surface area contributed by atoms with Gasteiger partial charge in [-0.05, 0) is 0 Å². The Bertz CT molecular complexity index is 377. The van der Waals surface area contributed by atoms with Gasteiger partial charge in [0.2, 0.25) is 0 Å². The molecule has 0 bridgehead atoms. The molecule has 1 rings (SSSR count). The number of carboxylic acids is 1. The van der Waals surface area contributed by atoms with Crippen molar-refractivity contribution in [2.75, 3.05) is 13.6 Å². The number of amides is 2. The Balaban J connectivity index is 2.34. The van der Waals surface area contributed by atoms with E-state index >= 15 is 0 Å². The molecule has 0 saturated carbocycles. The van der Waals surface area contributed by atoms with E-state index in [1.54, 1.807) is 13.0 Å². The standard InChI is InChI=1S/C10H15N3O4/c1-7(9(14)15)6-13(2)10(16)11-5-8-3-4-17-12-8/h3-4,7H,5-6H2,1-2H3,(H,11,16)(H,14,15). The first-order valence-electron chi connectivity index (χ1n) is 5.11. The average Bonchev–Trinajstić information content (AvgIpc) is 2.78. The molecule has 1 aromatic rings. The van der Waals surface area contributed by atoms with E-state index in [4.69, 9.17) is 5.11 Å². The predicted molar refractivity (Wildman–Crippen MR) is 58.2 cm³/mol. The molecule has 0 aliphatic rings. The van der Waals surface area contributed by atoms with Crippen molar-refractivity contribution in [2.45, 2.75) is 13.5 Å². The van der Waals surface area contributed by atoms with Gasteiger partial charge in [-0.1, -0.05) is 12.1 Å². The van der Waals surface area contributed by atoms with Gasteiger partial charge in [0, 0.05) is 19.7 Å². The highest BCUT2D eigenvalue weighted by molar-refractivity contribution is 5.75. The third-order valence-electron chi connectivity index (χ3n) is 2.23. The van der Waals surface area contributed by atoms with Crippen LogP contribution in [0, 0.1) is 5.92 Å². The Kier molecular flexibility index (Phi) is 4.50. The van der Waals surface area contributed by atoms with E-state index in [0.717, 1.165) is 0 Å². The highest BCUT2D eigenvalue weighted by Crippen LogP contribution is 1.99. The summed E-state index contributed by atoms with van der Waals surface area (Å²) in [7, 11) is 1.54. The number of rotatable bonds is 5. The van der Waals surface area contributed by atoms with Crippen molar-refractivity contribution in [3.05, 3.63) is 18.0 Å². The van der Waals surface area contributed by atoms with Gasteiger partial charge in [0.1, 0.15) is 12.0 Å².